The standard InChI is InChI=1S/C12H16N2O4S/c1-4-9-8-6-10(14-19(15,16)5-2)12(17-3)7-11(8)18-13-9/h6-7,14H,4-5H2,1-3H3. The fourth-order valence-corrected chi connectivity index (χ4v) is 2.40. The molecule has 6 nitrogen and oxygen atoms in total. The minimum atomic E-state index is -3.36. The van der Waals surface area contributed by atoms with Crippen LogP contribution in [0.2, 0.25) is 0 Å². The molecule has 0 saturated heterocycles. The van der Waals surface area contributed by atoms with E-state index in [0.717, 1.165) is 11.1 Å². The first kappa shape index (κ1) is 13.7. The molecule has 0 fully saturated rings. The van der Waals surface area contributed by atoms with Gasteiger partial charge in [-0.2, -0.15) is 0 Å². The van der Waals surface area contributed by atoms with Crippen molar-refractivity contribution in [2.24, 2.45) is 0 Å². The third-order valence-corrected chi connectivity index (χ3v) is 4.14. The number of aromatic nitrogens is 1. The van der Waals surface area contributed by atoms with Crippen LogP contribution in [0.5, 0.6) is 5.75 Å². The Balaban J connectivity index is 2.57. The lowest BCUT2D eigenvalue weighted by Gasteiger charge is -2.10. The number of nitrogens with one attached hydrogen (secondary N) is 1. The number of fused-ring (bicyclic) bond motifs is 1. The van der Waals surface area contributed by atoms with Crippen LogP contribution in [0, 0.1) is 0 Å². The van der Waals surface area contributed by atoms with Crippen molar-refractivity contribution in [2.45, 2.75) is 20.3 Å². The zero-order chi connectivity index (χ0) is 14.0. The third kappa shape index (κ3) is 2.65. The number of nitrogens with zero attached hydrogens (tertiary/aromatic N) is 1. The SMILES string of the molecule is CCc1noc2cc(OC)c(NS(=O)(=O)CC)cc12. The number of methoxy groups -OCH3 is 1. The number of rotatable bonds is 5. The van der Waals surface area contributed by atoms with Crippen LogP contribution in [0.25, 0.3) is 11.0 Å². The maximum absolute atomic E-state index is 11.7. The number of ether oxygens (including phenoxy) is 1. The van der Waals surface area contributed by atoms with Crippen molar-refractivity contribution in [2.75, 3.05) is 17.6 Å². The number of benzene rings is 1. The molecule has 0 saturated carbocycles. The van der Waals surface area contributed by atoms with Gasteiger partial charge in [0.05, 0.1) is 24.2 Å². The van der Waals surface area contributed by atoms with Gasteiger partial charge in [0.25, 0.3) is 0 Å². The first-order chi connectivity index (χ1) is 9.00. The predicted molar refractivity (Wildman–Crippen MR) is 73.0 cm³/mol. The van der Waals surface area contributed by atoms with Crippen molar-refractivity contribution in [1.82, 2.24) is 5.16 Å². The van der Waals surface area contributed by atoms with Gasteiger partial charge < -0.3 is 9.26 Å². The molecule has 0 aliphatic rings. The lowest BCUT2D eigenvalue weighted by molar-refractivity contribution is 0.413. The molecular weight excluding hydrogens is 268 g/mol. The molecule has 1 aromatic carbocycles. The number of sulfonamides is 1. The first-order valence-electron chi connectivity index (χ1n) is 5.97. The lowest BCUT2D eigenvalue weighted by Crippen LogP contribution is -2.15. The molecule has 1 N–H and O–H groups in total. The molecule has 1 aromatic heterocycles. The van der Waals surface area contributed by atoms with Crippen LogP contribution >= 0.6 is 0 Å². The third-order valence-electron chi connectivity index (χ3n) is 2.85. The maximum Gasteiger partial charge on any atom is 0.232 e. The zero-order valence-corrected chi connectivity index (χ0v) is 11.9. The van der Waals surface area contributed by atoms with Crippen molar-refractivity contribution in [3.8, 4) is 5.75 Å². The van der Waals surface area contributed by atoms with Crippen LogP contribution in [0.1, 0.15) is 19.5 Å². The molecular formula is C12H16N2O4S. The molecule has 0 bridgehead atoms. The molecule has 1 heterocycles. The first-order valence-corrected chi connectivity index (χ1v) is 7.62. The second-order valence-corrected chi connectivity index (χ2v) is 6.05. The van der Waals surface area contributed by atoms with E-state index >= 15 is 0 Å². The van der Waals surface area contributed by atoms with Crippen molar-refractivity contribution in [1.29, 1.82) is 0 Å². The summed E-state index contributed by atoms with van der Waals surface area (Å²) in [5.41, 5.74) is 1.76. The zero-order valence-electron chi connectivity index (χ0n) is 11.1. The molecule has 19 heavy (non-hydrogen) atoms. The minimum absolute atomic E-state index is 0.00152. The highest BCUT2D eigenvalue weighted by atomic mass is 32.2. The van der Waals surface area contributed by atoms with Gasteiger partial charge in [0.2, 0.25) is 10.0 Å². The van der Waals surface area contributed by atoms with Gasteiger partial charge in [0.15, 0.2) is 5.58 Å². The second-order valence-electron chi connectivity index (χ2n) is 4.04. The van der Waals surface area contributed by atoms with E-state index in [1.807, 2.05) is 6.92 Å². The van der Waals surface area contributed by atoms with Crippen LogP contribution in [0.15, 0.2) is 16.7 Å². The van der Waals surface area contributed by atoms with Gasteiger partial charge in [-0.25, -0.2) is 8.42 Å². The van der Waals surface area contributed by atoms with E-state index in [4.69, 9.17) is 9.26 Å². The molecule has 0 atom stereocenters. The van der Waals surface area contributed by atoms with Gasteiger partial charge >= 0.3 is 0 Å². The summed E-state index contributed by atoms with van der Waals surface area (Å²) in [7, 11) is -1.88. The number of hydrogen-bond acceptors (Lipinski definition) is 5. The second kappa shape index (κ2) is 5.08. The average molecular weight is 284 g/mol. The van der Waals surface area contributed by atoms with Gasteiger partial charge in [-0.1, -0.05) is 12.1 Å². The van der Waals surface area contributed by atoms with Crippen LogP contribution in [-0.4, -0.2) is 26.4 Å². The van der Waals surface area contributed by atoms with E-state index in [2.05, 4.69) is 9.88 Å². The van der Waals surface area contributed by atoms with E-state index < -0.39 is 10.0 Å². The van der Waals surface area contributed by atoms with E-state index in [1.54, 1.807) is 19.1 Å². The molecule has 7 heteroatoms. The van der Waals surface area contributed by atoms with Crippen LogP contribution < -0.4 is 9.46 Å². The molecule has 0 spiro atoms. The summed E-state index contributed by atoms with van der Waals surface area (Å²) < 4.78 is 36.2. The lowest BCUT2D eigenvalue weighted by atomic mass is 10.1. The Kier molecular flexibility index (Phi) is 3.66. The Labute approximate surface area is 111 Å². The van der Waals surface area contributed by atoms with E-state index in [1.165, 1.54) is 7.11 Å². The van der Waals surface area contributed by atoms with E-state index in [0.29, 0.717) is 23.4 Å². The van der Waals surface area contributed by atoms with E-state index in [9.17, 15) is 8.42 Å². The van der Waals surface area contributed by atoms with Gasteiger partial charge in [-0.15, -0.1) is 0 Å². The Morgan fingerprint density at radius 3 is 2.68 bits per heavy atom. The number of hydrogen-bond donors (Lipinski definition) is 1. The Morgan fingerprint density at radius 1 is 1.37 bits per heavy atom. The fourth-order valence-electron chi connectivity index (χ4n) is 1.76. The van der Waals surface area contributed by atoms with Crippen molar-refractivity contribution in [3.05, 3.63) is 17.8 Å². The molecule has 0 aliphatic carbocycles. The highest BCUT2D eigenvalue weighted by molar-refractivity contribution is 7.92. The van der Waals surface area contributed by atoms with Crippen LogP contribution in [0.3, 0.4) is 0 Å². The Bertz CT molecular complexity index is 691. The molecule has 0 radical (unpaired) electrons. The van der Waals surface area contributed by atoms with Gasteiger partial charge in [-0.3, -0.25) is 4.72 Å². The smallest absolute Gasteiger partial charge is 0.232 e. The quantitative estimate of drug-likeness (QED) is 0.909. The highest BCUT2D eigenvalue weighted by Crippen LogP contribution is 2.32. The van der Waals surface area contributed by atoms with Gasteiger partial charge in [0.1, 0.15) is 5.75 Å². The van der Waals surface area contributed by atoms with Gasteiger partial charge in [0, 0.05) is 11.5 Å². The Morgan fingerprint density at radius 2 is 2.11 bits per heavy atom. The van der Waals surface area contributed by atoms with E-state index in [-0.39, 0.29) is 5.75 Å². The summed E-state index contributed by atoms with van der Waals surface area (Å²) in [5, 5.41) is 4.73. The number of aryl methyl sites for hydroxylation is 1. The Hall–Kier alpha value is -1.76. The summed E-state index contributed by atoms with van der Waals surface area (Å²) in [6, 6.07) is 3.33. The summed E-state index contributed by atoms with van der Waals surface area (Å²) in [6.07, 6.45) is 0.708. The van der Waals surface area contributed by atoms with Crippen molar-refractivity contribution < 1.29 is 17.7 Å². The molecule has 0 amide bonds. The highest BCUT2D eigenvalue weighted by Gasteiger charge is 2.16. The summed E-state index contributed by atoms with van der Waals surface area (Å²) in [4.78, 5) is 0. The number of anilines is 1. The van der Waals surface area contributed by atoms with Crippen LogP contribution in [-0.2, 0) is 16.4 Å². The molecule has 0 unspecified atom stereocenters. The summed E-state index contributed by atoms with van der Waals surface area (Å²) in [6.45, 7) is 3.53. The normalized spacial score (nSPS) is 11.7. The summed E-state index contributed by atoms with van der Waals surface area (Å²) in [5.74, 6) is 0.404. The topological polar surface area (TPSA) is 81.4 Å². The largest absolute Gasteiger partial charge is 0.494 e. The maximum atomic E-state index is 11.7. The van der Waals surface area contributed by atoms with Gasteiger partial charge in [-0.05, 0) is 19.4 Å². The monoisotopic (exact) mass is 284 g/mol. The summed E-state index contributed by atoms with van der Waals surface area (Å²) >= 11 is 0. The minimum Gasteiger partial charge on any atom is -0.494 e. The van der Waals surface area contributed by atoms with Crippen LogP contribution in [0.4, 0.5) is 5.69 Å². The van der Waals surface area contributed by atoms with Crippen molar-refractivity contribution >= 4 is 26.7 Å². The van der Waals surface area contributed by atoms with Crippen molar-refractivity contribution in [3.63, 3.8) is 0 Å². The fraction of sp³-hybridized carbons (Fsp3) is 0.417. The average Bonchev–Trinajstić information content (AvgIpc) is 2.79. The molecule has 0 aliphatic heterocycles. The molecule has 2 aromatic rings. The molecule has 2 rings (SSSR count). The molecule has 104 valence electrons. The predicted octanol–water partition coefficient (Wildman–Crippen LogP) is 2.16.